The highest BCUT2D eigenvalue weighted by Crippen LogP contribution is 2.22. The maximum atomic E-state index is 14.1. The summed E-state index contributed by atoms with van der Waals surface area (Å²) in [5.74, 6) is -1.41. The number of carbonyl (C=O) groups is 2. The van der Waals surface area contributed by atoms with Gasteiger partial charge in [-0.2, -0.15) is 12.7 Å². The fourth-order valence-corrected chi connectivity index (χ4v) is 5.33. The Balaban J connectivity index is 2.06. The molecule has 0 radical (unpaired) electrons. The number of halogens is 1. The summed E-state index contributed by atoms with van der Waals surface area (Å²) in [5, 5.41) is 2.96. The van der Waals surface area contributed by atoms with E-state index in [1.165, 1.54) is 31.1 Å². The molecule has 1 N–H and O–H groups in total. The zero-order valence-electron chi connectivity index (χ0n) is 24.1. The van der Waals surface area contributed by atoms with Crippen molar-refractivity contribution >= 4 is 27.7 Å². The number of hydrogen-bond donors (Lipinski definition) is 1. The summed E-state index contributed by atoms with van der Waals surface area (Å²) in [6.07, 6.45) is 1.92. The van der Waals surface area contributed by atoms with E-state index >= 15 is 0 Å². The predicted octanol–water partition coefficient (Wildman–Crippen LogP) is 4.30. The summed E-state index contributed by atoms with van der Waals surface area (Å²) in [5.41, 5.74) is 2.84. The van der Waals surface area contributed by atoms with Crippen molar-refractivity contribution in [3.05, 3.63) is 101 Å². The molecule has 0 aliphatic carbocycles. The molecule has 0 fully saturated rings. The van der Waals surface area contributed by atoms with E-state index in [0.29, 0.717) is 6.54 Å². The highest BCUT2D eigenvalue weighted by Gasteiger charge is 2.34. The van der Waals surface area contributed by atoms with Crippen LogP contribution in [0.25, 0.3) is 0 Å². The van der Waals surface area contributed by atoms with Crippen LogP contribution in [0.15, 0.2) is 78.9 Å². The number of anilines is 1. The quantitative estimate of drug-likeness (QED) is 0.287. The van der Waals surface area contributed by atoms with Crippen LogP contribution in [0.4, 0.5) is 10.1 Å². The van der Waals surface area contributed by atoms with E-state index in [1.54, 1.807) is 0 Å². The first-order chi connectivity index (χ1) is 19.5. The lowest BCUT2D eigenvalue weighted by Crippen LogP contribution is -2.54. The number of amides is 2. The lowest BCUT2D eigenvalue weighted by molar-refractivity contribution is -0.140. The SMILES string of the molecule is CCCCNC(=O)[C@H](Cc1ccccc1)N(Cc1ccc(C)cc1)C(=O)CN(c1ccc(F)cc1)S(=O)(=O)N(C)C. The third-order valence-electron chi connectivity index (χ3n) is 6.71. The number of hydrogen-bond acceptors (Lipinski definition) is 4. The molecule has 0 aliphatic rings. The maximum absolute atomic E-state index is 14.1. The van der Waals surface area contributed by atoms with Gasteiger partial charge in [0.05, 0.1) is 5.69 Å². The molecule has 2 amide bonds. The number of carbonyl (C=O) groups excluding carboxylic acids is 2. The van der Waals surface area contributed by atoms with Gasteiger partial charge in [0, 0.05) is 33.6 Å². The van der Waals surface area contributed by atoms with Crippen LogP contribution in [-0.4, -0.2) is 62.7 Å². The monoisotopic (exact) mass is 582 g/mol. The lowest BCUT2D eigenvalue weighted by Gasteiger charge is -2.34. The predicted molar refractivity (Wildman–Crippen MR) is 160 cm³/mol. The zero-order chi connectivity index (χ0) is 30.0. The van der Waals surface area contributed by atoms with Crippen LogP contribution in [0, 0.1) is 12.7 Å². The Morgan fingerprint density at radius 1 is 0.902 bits per heavy atom. The largest absolute Gasteiger partial charge is 0.354 e. The van der Waals surface area contributed by atoms with Gasteiger partial charge in [-0.15, -0.1) is 0 Å². The highest BCUT2D eigenvalue weighted by atomic mass is 32.2. The van der Waals surface area contributed by atoms with Gasteiger partial charge in [0.2, 0.25) is 11.8 Å². The Bertz CT molecular complexity index is 1380. The van der Waals surface area contributed by atoms with Gasteiger partial charge in [0.15, 0.2) is 0 Å². The number of rotatable bonds is 14. The van der Waals surface area contributed by atoms with Gasteiger partial charge in [0.25, 0.3) is 0 Å². The zero-order valence-corrected chi connectivity index (χ0v) is 24.9. The molecule has 10 heteroatoms. The van der Waals surface area contributed by atoms with Gasteiger partial charge >= 0.3 is 10.2 Å². The molecule has 0 saturated heterocycles. The summed E-state index contributed by atoms with van der Waals surface area (Å²) in [4.78, 5) is 29.2. The number of nitrogens with one attached hydrogen (secondary N) is 1. The smallest absolute Gasteiger partial charge is 0.304 e. The van der Waals surface area contributed by atoms with Crippen molar-refractivity contribution in [1.29, 1.82) is 0 Å². The molecule has 220 valence electrons. The number of benzene rings is 3. The van der Waals surface area contributed by atoms with Crippen molar-refractivity contribution in [1.82, 2.24) is 14.5 Å². The lowest BCUT2D eigenvalue weighted by atomic mass is 10.0. The third kappa shape index (κ3) is 8.86. The van der Waals surface area contributed by atoms with Crippen LogP contribution in [-0.2, 0) is 32.8 Å². The van der Waals surface area contributed by atoms with Gasteiger partial charge in [-0.05, 0) is 48.7 Å². The van der Waals surface area contributed by atoms with Crippen molar-refractivity contribution in [3.63, 3.8) is 0 Å². The van der Waals surface area contributed by atoms with Gasteiger partial charge in [0.1, 0.15) is 18.4 Å². The molecule has 0 aromatic heterocycles. The second kappa shape index (κ2) is 14.7. The van der Waals surface area contributed by atoms with Crippen molar-refractivity contribution in [2.45, 2.75) is 45.7 Å². The first-order valence-electron chi connectivity index (χ1n) is 13.6. The second-order valence-corrected chi connectivity index (χ2v) is 12.2. The maximum Gasteiger partial charge on any atom is 0.304 e. The summed E-state index contributed by atoms with van der Waals surface area (Å²) >= 11 is 0. The average Bonchev–Trinajstić information content (AvgIpc) is 2.95. The van der Waals surface area contributed by atoms with E-state index in [4.69, 9.17) is 0 Å². The highest BCUT2D eigenvalue weighted by molar-refractivity contribution is 7.90. The van der Waals surface area contributed by atoms with E-state index in [1.807, 2.05) is 68.4 Å². The standard InChI is InChI=1S/C31H39FN4O4S/c1-5-6-20-33-31(38)29(21-25-10-8-7-9-11-25)35(22-26-14-12-24(2)13-15-26)30(37)23-36(41(39,40)34(3)4)28-18-16-27(32)17-19-28/h7-19,29H,5-6,20-23H2,1-4H3,(H,33,38)/t29-/m0/s1. The van der Waals surface area contributed by atoms with Crippen LogP contribution in [0.2, 0.25) is 0 Å². The average molecular weight is 583 g/mol. The third-order valence-corrected chi connectivity index (χ3v) is 8.53. The van der Waals surface area contributed by atoms with E-state index in [-0.39, 0.29) is 24.6 Å². The first-order valence-corrected chi connectivity index (χ1v) is 15.0. The Kier molecular flexibility index (Phi) is 11.4. The Morgan fingerprint density at radius 2 is 1.54 bits per heavy atom. The fourth-order valence-electron chi connectivity index (χ4n) is 4.27. The Labute approximate surface area is 243 Å². The molecular weight excluding hydrogens is 543 g/mol. The number of nitrogens with zero attached hydrogens (tertiary/aromatic N) is 3. The molecule has 0 saturated carbocycles. The van der Waals surface area contributed by atoms with Gasteiger partial charge in [-0.1, -0.05) is 73.5 Å². The van der Waals surface area contributed by atoms with Gasteiger partial charge in [-0.3, -0.25) is 9.59 Å². The number of unbranched alkanes of at least 4 members (excludes halogenated alkanes) is 1. The van der Waals surface area contributed by atoms with E-state index in [0.717, 1.165) is 50.3 Å². The molecule has 41 heavy (non-hydrogen) atoms. The summed E-state index contributed by atoms with van der Waals surface area (Å²) in [6, 6.07) is 21.0. The van der Waals surface area contributed by atoms with Gasteiger partial charge in [-0.25, -0.2) is 8.70 Å². The van der Waals surface area contributed by atoms with E-state index in [9.17, 15) is 22.4 Å². The molecule has 8 nitrogen and oxygen atoms in total. The molecule has 0 unspecified atom stereocenters. The van der Waals surface area contributed by atoms with Gasteiger partial charge < -0.3 is 10.2 Å². The molecule has 3 rings (SSSR count). The number of aryl methyl sites for hydroxylation is 1. The molecule has 3 aromatic rings. The van der Waals surface area contributed by atoms with Crippen LogP contribution in [0.3, 0.4) is 0 Å². The molecule has 3 aromatic carbocycles. The van der Waals surface area contributed by atoms with E-state index in [2.05, 4.69) is 5.32 Å². The Hall–Kier alpha value is -3.76. The molecule has 0 spiro atoms. The minimum atomic E-state index is -4.14. The molecule has 0 heterocycles. The molecular formula is C31H39FN4O4S. The van der Waals surface area contributed by atoms with Crippen LogP contribution in [0.5, 0.6) is 0 Å². The van der Waals surface area contributed by atoms with Crippen molar-refractivity contribution in [2.24, 2.45) is 0 Å². The van der Waals surface area contributed by atoms with Crippen LogP contribution < -0.4 is 9.62 Å². The van der Waals surface area contributed by atoms with Crippen molar-refractivity contribution < 1.29 is 22.4 Å². The van der Waals surface area contributed by atoms with Crippen molar-refractivity contribution in [3.8, 4) is 0 Å². The molecule has 0 bridgehead atoms. The van der Waals surface area contributed by atoms with Crippen LogP contribution in [0.1, 0.15) is 36.5 Å². The fraction of sp³-hybridized carbons (Fsp3) is 0.355. The molecule has 0 aliphatic heterocycles. The van der Waals surface area contributed by atoms with Crippen molar-refractivity contribution in [2.75, 3.05) is 31.5 Å². The second-order valence-electron chi connectivity index (χ2n) is 10.1. The topological polar surface area (TPSA) is 90.0 Å². The minimum Gasteiger partial charge on any atom is -0.354 e. The Morgan fingerprint density at radius 3 is 2.12 bits per heavy atom. The summed E-state index contributed by atoms with van der Waals surface area (Å²) in [7, 11) is -1.42. The molecule has 1 atom stereocenters. The summed E-state index contributed by atoms with van der Waals surface area (Å²) < 4.78 is 42.3. The van der Waals surface area contributed by atoms with Crippen LogP contribution >= 0.6 is 0 Å². The summed E-state index contributed by atoms with van der Waals surface area (Å²) in [6.45, 7) is 3.96. The minimum absolute atomic E-state index is 0.0943. The van der Waals surface area contributed by atoms with E-state index < -0.39 is 34.5 Å². The first kappa shape index (κ1) is 31.8. The normalized spacial score (nSPS) is 12.1.